The lowest BCUT2D eigenvalue weighted by atomic mass is 9.96. The van der Waals surface area contributed by atoms with Crippen molar-refractivity contribution < 1.29 is 32.8 Å². The van der Waals surface area contributed by atoms with Crippen LogP contribution in [-0.2, 0) is 14.2 Å². The second-order valence-electron chi connectivity index (χ2n) is 13.5. The minimum Gasteiger partial charge on any atom is -0.489 e. The Morgan fingerprint density at radius 1 is 0.848 bits per heavy atom. The van der Waals surface area contributed by atoms with Crippen LogP contribution in [0.3, 0.4) is 0 Å². The smallest absolute Gasteiger partial charge is 0.350 e. The van der Waals surface area contributed by atoms with E-state index in [0.717, 1.165) is 42.4 Å². The van der Waals surface area contributed by atoms with Crippen LogP contribution < -0.4 is 19.8 Å². The summed E-state index contributed by atoms with van der Waals surface area (Å²) in [6, 6.07) is 14.4. The fourth-order valence-corrected chi connectivity index (χ4v) is 5.94. The van der Waals surface area contributed by atoms with E-state index in [4.69, 9.17) is 32.8 Å². The Bertz CT molecular complexity index is 1730. The molecule has 8 nitrogen and oxygen atoms in total. The van der Waals surface area contributed by atoms with Crippen molar-refractivity contribution in [2.75, 3.05) is 13.2 Å². The second kappa shape index (κ2) is 12.7. The molecule has 2 fully saturated rings. The van der Waals surface area contributed by atoms with E-state index >= 15 is 0 Å². The number of fused-ring (bicyclic) bond motifs is 2. The highest BCUT2D eigenvalue weighted by Crippen LogP contribution is 2.46. The van der Waals surface area contributed by atoms with Gasteiger partial charge in [-0.2, -0.15) is 0 Å². The topological polar surface area (TPSA) is 88.9 Å². The van der Waals surface area contributed by atoms with E-state index < -0.39 is 11.6 Å². The first-order valence-corrected chi connectivity index (χ1v) is 16.1. The molecular formula is C38H44O8. The standard InChI is InChI=1S/C38H44O8/c1-25(19-22-40-28-14-12-27-13-17-35(39)42-32(27)24-28)11-16-34-37(5,6)46-38(45-34)21-18-29-30(8-7-9-31(29)43-38)41-23-20-26(2)10-15-33-36(3,4)44-33/h7-9,12-14,17-21,24,33-34H,10-11,15-16,22-23H2,1-6H3/b25-19+,26-20+/t33?,34-,38-/m1/s1. The summed E-state index contributed by atoms with van der Waals surface area (Å²) < 4.78 is 42.2. The van der Waals surface area contributed by atoms with Gasteiger partial charge in [0, 0.05) is 23.6 Å². The van der Waals surface area contributed by atoms with Crippen molar-refractivity contribution in [3.8, 4) is 17.2 Å². The summed E-state index contributed by atoms with van der Waals surface area (Å²) in [7, 11) is 0. The van der Waals surface area contributed by atoms with Gasteiger partial charge in [0.2, 0.25) is 0 Å². The minimum atomic E-state index is -1.29. The lowest BCUT2D eigenvalue weighted by Gasteiger charge is -2.30. The van der Waals surface area contributed by atoms with Gasteiger partial charge in [-0.25, -0.2) is 4.79 Å². The number of benzene rings is 2. The normalized spacial score (nSPS) is 24.6. The van der Waals surface area contributed by atoms with Gasteiger partial charge in [0.1, 0.15) is 36.0 Å². The number of hydrogen-bond acceptors (Lipinski definition) is 8. The molecule has 0 saturated carbocycles. The van der Waals surface area contributed by atoms with Crippen molar-refractivity contribution in [1.29, 1.82) is 0 Å². The third-order valence-electron chi connectivity index (χ3n) is 8.93. The maximum atomic E-state index is 11.5. The van der Waals surface area contributed by atoms with Gasteiger partial charge in [-0.15, -0.1) is 0 Å². The largest absolute Gasteiger partial charge is 0.489 e. The first-order valence-electron chi connectivity index (χ1n) is 16.1. The Morgan fingerprint density at radius 2 is 1.52 bits per heavy atom. The predicted molar refractivity (Wildman–Crippen MR) is 177 cm³/mol. The Hall–Kier alpha value is -3.85. The Labute approximate surface area is 270 Å². The zero-order chi connectivity index (χ0) is 32.5. The Morgan fingerprint density at radius 3 is 2.24 bits per heavy atom. The van der Waals surface area contributed by atoms with Crippen LogP contribution in [0, 0.1) is 0 Å². The first-order chi connectivity index (χ1) is 21.9. The zero-order valence-electron chi connectivity index (χ0n) is 27.6. The quantitative estimate of drug-likeness (QED) is 0.113. The van der Waals surface area contributed by atoms with Crippen molar-refractivity contribution >= 4 is 17.0 Å². The molecule has 0 bridgehead atoms. The summed E-state index contributed by atoms with van der Waals surface area (Å²) in [6.07, 6.45) is 11.7. The van der Waals surface area contributed by atoms with Crippen LogP contribution in [0.4, 0.5) is 0 Å². The van der Waals surface area contributed by atoms with Crippen LogP contribution in [0.15, 0.2) is 87.1 Å². The van der Waals surface area contributed by atoms with Gasteiger partial charge in [-0.1, -0.05) is 17.2 Å². The van der Waals surface area contributed by atoms with Crippen molar-refractivity contribution in [3.05, 3.63) is 93.9 Å². The molecule has 6 rings (SSSR count). The number of ether oxygens (including phenoxy) is 6. The van der Waals surface area contributed by atoms with Crippen LogP contribution >= 0.6 is 0 Å². The van der Waals surface area contributed by atoms with Crippen LogP contribution in [-0.4, -0.2) is 42.6 Å². The summed E-state index contributed by atoms with van der Waals surface area (Å²) in [4.78, 5) is 11.5. The summed E-state index contributed by atoms with van der Waals surface area (Å²) in [6.45, 7) is 13.4. The fraction of sp³-hybridized carbons (Fsp3) is 0.447. The van der Waals surface area contributed by atoms with E-state index in [1.54, 1.807) is 12.1 Å². The summed E-state index contributed by atoms with van der Waals surface area (Å²) in [5, 5.41) is 0.852. The van der Waals surface area contributed by atoms with Gasteiger partial charge < -0.3 is 32.8 Å². The molecule has 2 saturated heterocycles. The molecule has 3 aliphatic heterocycles. The minimum absolute atomic E-state index is 0.0282. The third-order valence-corrected chi connectivity index (χ3v) is 8.93. The van der Waals surface area contributed by atoms with Crippen molar-refractivity contribution in [2.45, 2.75) is 96.6 Å². The lowest BCUT2D eigenvalue weighted by molar-refractivity contribution is -0.270. The van der Waals surface area contributed by atoms with E-state index in [2.05, 4.69) is 39.8 Å². The molecule has 2 aromatic carbocycles. The molecule has 0 radical (unpaired) electrons. The van der Waals surface area contributed by atoms with Crippen LogP contribution in [0.25, 0.3) is 17.0 Å². The second-order valence-corrected chi connectivity index (χ2v) is 13.5. The van der Waals surface area contributed by atoms with E-state index in [1.165, 1.54) is 17.2 Å². The lowest BCUT2D eigenvalue weighted by Crippen LogP contribution is -2.38. The first kappa shape index (κ1) is 32.1. The maximum absolute atomic E-state index is 11.5. The number of allylic oxidation sites excluding steroid dienone is 2. The molecule has 4 heterocycles. The van der Waals surface area contributed by atoms with E-state index in [9.17, 15) is 4.79 Å². The van der Waals surface area contributed by atoms with Gasteiger partial charge in [-0.3, -0.25) is 0 Å². The molecule has 46 heavy (non-hydrogen) atoms. The van der Waals surface area contributed by atoms with E-state index in [0.29, 0.717) is 36.4 Å². The molecule has 0 amide bonds. The van der Waals surface area contributed by atoms with E-state index in [1.807, 2.05) is 56.3 Å². The Kier molecular flexibility index (Phi) is 8.89. The van der Waals surface area contributed by atoms with Crippen LogP contribution in [0.5, 0.6) is 17.2 Å². The molecular weight excluding hydrogens is 584 g/mol. The highest BCUT2D eigenvalue weighted by Gasteiger charge is 2.54. The molecule has 1 aromatic heterocycles. The summed E-state index contributed by atoms with van der Waals surface area (Å²) >= 11 is 0. The van der Waals surface area contributed by atoms with Crippen molar-refractivity contribution in [2.24, 2.45) is 0 Å². The SMILES string of the molecule is C/C(=C\COc1cccc2c1C=C[C@@]1(O2)O[C@H](CC/C(C)=C/COc2ccc3ccc(=O)oc3c2)C(C)(C)O1)CCC1OC1(C)C. The Balaban J connectivity index is 1.01. The highest BCUT2D eigenvalue weighted by atomic mass is 16.9. The molecule has 3 aliphatic rings. The molecule has 0 N–H and O–H groups in total. The van der Waals surface area contributed by atoms with Gasteiger partial charge in [-0.05, 0) is 116 Å². The average Bonchev–Trinajstić information content (AvgIpc) is 3.54. The molecule has 1 spiro atoms. The maximum Gasteiger partial charge on any atom is 0.350 e. The summed E-state index contributed by atoms with van der Waals surface area (Å²) in [5.74, 6) is 0.767. The summed E-state index contributed by atoms with van der Waals surface area (Å²) in [5.41, 5.74) is 2.93. The number of rotatable bonds is 12. The van der Waals surface area contributed by atoms with Gasteiger partial charge in [0.25, 0.3) is 0 Å². The fourth-order valence-electron chi connectivity index (χ4n) is 5.94. The molecule has 8 heteroatoms. The molecule has 3 aromatic rings. The molecule has 244 valence electrons. The van der Waals surface area contributed by atoms with Crippen LogP contribution in [0.1, 0.15) is 72.8 Å². The predicted octanol–water partition coefficient (Wildman–Crippen LogP) is 8.13. The average molecular weight is 629 g/mol. The molecule has 1 unspecified atom stereocenters. The highest BCUT2D eigenvalue weighted by molar-refractivity contribution is 5.77. The zero-order valence-corrected chi connectivity index (χ0v) is 27.6. The third kappa shape index (κ3) is 7.41. The number of epoxide rings is 1. The monoisotopic (exact) mass is 628 g/mol. The molecule has 3 atom stereocenters. The van der Waals surface area contributed by atoms with Crippen molar-refractivity contribution in [1.82, 2.24) is 0 Å². The van der Waals surface area contributed by atoms with Crippen molar-refractivity contribution in [3.63, 3.8) is 0 Å². The van der Waals surface area contributed by atoms with Gasteiger partial charge in [0.15, 0.2) is 0 Å². The van der Waals surface area contributed by atoms with E-state index in [-0.39, 0.29) is 17.3 Å². The molecule has 0 aliphatic carbocycles. The van der Waals surface area contributed by atoms with Crippen LogP contribution in [0.2, 0.25) is 0 Å². The van der Waals surface area contributed by atoms with Gasteiger partial charge in [0.05, 0.1) is 29.0 Å². The number of hydrogen-bond donors (Lipinski definition) is 0. The van der Waals surface area contributed by atoms with Gasteiger partial charge >= 0.3 is 11.6 Å².